The van der Waals surface area contributed by atoms with E-state index in [1.54, 1.807) is 6.07 Å². The van der Waals surface area contributed by atoms with Crippen LogP contribution >= 0.6 is 0 Å². The van der Waals surface area contributed by atoms with Gasteiger partial charge >= 0.3 is 0 Å². The van der Waals surface area contributed by atoms with Crippen LogP contribution in [-0.4, -0.2) is 0 Å². The summed E-state index contributed by atoms with van der Waals surface area (Å²) >= 11 is 0. The Morgan fingerprint density at radius 2 is 2.21 bits per heavy atom. The number of halogens is 1. The predicted octanol–water partition coefficient (Wildman–Crippen LogP) is 2.80. The minimum Gasteiger partial charge on any atom is -0.324 e. The Hall–Kier alpha value is -0.890. The first-order valence-corrected chi connectivity index (χ1v) is 5.27. The summed E-state index contributed by atoms with van der Waals surface area (Å²) in [4.78, 5) is 0. The number of benzene rings is 1. The molecule has 1 atom stereocenters. The van der Waals surface area contributed by atoms with E-state index < -0.39 is 0 Å². The fraction of sp³-hybridized carbons (Fsp3) is 0.500. The first kappa shape index (κ1) is 9.66. The van der Waals surface area contributed by atoms with Crippen molar-refractivity contribution in [3.8, 4) is 0 Å². The molecule has 0 amide bonds. The quantitative estimate of drug-likeness (QED) is 0.784. The maximum Gasteiger partial charge on any atom is 0.128 e. The standard InChI is InChI=1S/C12H16FN/c1-2-8-4-3-5-10(13)11(8)12(14)9-6-7-9/h3-5,9,12H,2,6-7,14H2,1H3. The van der Waals surface area contributed by atoms with E-state index in [2.05, 4.69) is 0 Å². The van der Waals surface area contributed by atoms with Gasteiger partial charge in [-0.25, -0.2) is 4.39 Å². The lowest BCUT2D eigenvalue weighted by molar-refractivity contribution is 0.548. The molecule has 0 radical (unpaired) electrons. The number of nitrogens with two attached hydrogens (primary N) is 1. The third kappa shape index (κ3) is 1.67. The monoisotopic (exact) mass is 193 g/mol. The molecule has 14 heavy (non-hydrogen) atoms. The summed E-state index contributed by atoms with van der Waals surface area (Å²) < 4.78 is 13.6. The van der Waals surface area contributed by atoms with Crippen LogP contribution in [0.15, 0.2) is 18.2 Å². The lowest BCUT2D eigenvalue weighted by Crippen LogP contribution is -2.16. The van der Waals surface area contributed by atoms with Crippen LogP contribution in [0.2, 0.25) is 0 Å². The fourth-order valence-corrected chi connectivity index (χ4v) is 1.95. The molecule has 1 fully saturated rings. The van der Waals surface area contributed by atoms with Gasteiger partial charge < -0.3 is 5.73 Å². The van der Waals surface area contributed by atoms with Gasteiger partial charge in [0, 0.05) is 11.6 Å². The molecule has 0 aromatic heterocycles. The Morgan fingerprint density at radius 1 is 1.50 bits per heavy atom. The van der Waals surface area contributed by atoms with E-state index in [-0.39, 0.29) is 11.9 Å². The normalized spacial score (nSPS) is 18.2. The van der Waals surface area contributed by atoms with Crippen LogP contribution in [0.5, 0.6) is 0 Å². The van der Waals surface area contributed by atoms with Crippen molar-refractivity contribution in [2.75, 3.05) is 0 Å². The van der Waals surface area contributed by atoms with E-state index in [9.17, 15) is 4.39 Å². The summed E-state index contributed by atoms with van der Waals surface area (Å²) in [5, 5.41) is 0. The van der Waals surface area contributed by atoms with Gasteiger partial charge in [-0.15, -0.1) is 0 Å². The van der Waals surface area contributed by atoms with Gasteiger partial charge in [0.25, 0.3) is 0 Å². The van der Waals surface area contributed by atoms with Crippen molar-refractivity contribution >= 4 is 0 Å². The molecule has 2 rings (SSSR count). The Balaban J connectivity index is 2.37. The second-order valence-electron chi connectivity index (χ2n) is 4.03. The van der Waals surface area contributed by atoms with Crippen LogP contribution in [0.25, 0.3) is 0 Å². The fourth-order valence-electron chi connectivity index (χ4n) is 1.95. The zero-order valence-corrected chi connectivity index (χ0v) is 8.46. The Bertz CT molecular complexity index is 331. The molecule has 0 spiro atoms. The molecule has 0 bridgehead atoms. The van der Waals surface area contributed by atoms with Crippen molar-refractivity contribution in [3.05, 3.63) is 35.1 Å². The average molecular weight is 193 g/mol. The summed E-state index contributed by atoms with van der Waals surface area (Å²) in [7, 11) is 0. The zero-order chi connectivity index (χ0) is 10.1. The van der Waals surface area contributed by atoms with E-state index in [1.807, 2.05) is 13.0 Å². The Labute approximate surface area is 84.1 Å². The molecule has 1 aliphatic rings. The Morgan fingerprint density at radius 3 is 2.79 bits per heavy atom. The highest BCUT2D eigenvalue weighted by Gasteiger charge is 2.32. The largest absolute Gasteiger partial charge is 0.324 e. The van der Waals surface area contributed by atoms with Crippen molar-refractivity contribution in [3.63, 3.8) is 0 Å². The maximum atomic E-state index is 13.6. The molecule has 1 nitrogen and oxygen atoms in total. The van der Waals surface area contributed by atoms with Gasteiger partial charge in [0.2, 0.25) is 0 Å². The van der Waals surface area contributed by atoms with Crippen LogP contribution in [0.4, 0.5) is 4.39 Å². The molecule has 0 saturated heterocycles. The molecule has 2 heteroatoms. The van der Waals surface area contributed by atoms with Gasteiger partial charge in [-0.2, -0.15) is 0 Å². The highest BCUT2D eigenvalue weighted by molar-refractivity contribution is 5.32. The van der Waals surface area contributed by atoms with Gasteiger partial charge in [0.15, 0.2) is 0 Å². The van der Waals surface area contributed by atoms with Gasteiger partial charge in [0.1, 0.15) is 5.82 Å². The lowest BCUT2D eigenvalue weighted by atomic mass is 9.95. The topological polar surface area (TPSA) is 26.0 Å². The minimum absolute atomic E-state index is 0.0915. The van der Waals surface area contributed by atoms with Crippen LogP contribution in [0.3, 0.4) is 0 Å². The van der Waals surface area contributed by atoms with E-state index in [1.165, 1.54) is 6.07 Å². The highest BCUT2D eigenvalue weighted by atomic mass is 19.1. The molecular weight excluding hydrogens is 177 g/mol. The number of hydrogen-bond acceptors (Lipinski definition) is 1. The minimum atomic E-state index is -0.135. The number of aryl methyl sites for hydroxylation is 1. The van der Waals surface area contributed by atoms with Crippen LogP contribution < -0.4 is 5.73 Å². The molecule has 76 valence electrons. The molecule has 1 aliphatic carbocycles. The average Bonchev–Trinajstić information content (AvgIpc) is 2.99. The molecule has 1 aromatic rings. The van der Waals surface area contributed by atoms with E-state index in [0.717, 1.165) is 30.4 Å². The predicted molar refractivity (Wildman–Crippen MR) is 55.4 cm³/mol. The summed E-state index contributed by atoms with van der Waals surface area (Å²) in [5.74, 6) is 0.376. The molecule has 1 saturated carbocycles. The van der Waals surface area contributed by atoms with Crippen LogP contribution in [0, 0.1) is 11.7 Å². The van der Waals surface area contributed by atoms with Crippen molar-refractivity contribution in [2.45, 2.75) is 32.2 Å². The smallest absolute Gasteiger partial charge is 0.128 e. The summed E-state index contributed by atoms with van der Waals surface area (Å²) in [6.07, 6.45) is 3.16. The van der Waals surface area contributed by atoms with E-state index in [0.29, 0.717) is 5.92 Å². The number of rotatable bonds is 3. The first-order valence-electron chi connectivity index (χ1n) is 5.27. The van der Waals surface area contributed by atoms with Crippen molar-refractivity contribution < 1.29 is 4.39 Å². The highest BCUT2D eigenvalue weighted by Crippen LogP contribution is 2.41. The molecular formula is C12H16FN. The second kappa shape index (κ2) is 3.70. The van der Waals surface area contributed by atoms with E-state index >= 15 is 0 Å². The zero-order valence-electron chi connectivity index (χ0n) is 8.46. The first-order chi connectivity index (χ1) is 6.74. The molecule has 0 aliphatic heterocycles. The third-order valence-electron chi connectivity index (χ3n) is 2.99. The van der Waals surface area contributed by atoms with E-state index in [4.69, 9.17) is 5.73 Å². The van der Waals surface area contributed by atoms with Gasteiger partial charge in [-0.3, -0.25) is 0 Å². The number of hydrogen-bond donors (Lipinski definition) is 1. The molecule has 0 heterocycles. The summed E-state index contributed by atoms with van der Waals surface area (Å²) in [5.41, 5.74) is 7.84. The second-order valence-corrected chi connectivity index (χ2v) is 4.03. The molecule has 1 unspecified atom stereocenters. The van der Waals surface area contributed by atoms with Crippen molar-refractivity contribution in [2.24, 2.45) is 11.7 Å². The van der Waals surface area contributed by atoms with Crippen LogP contribution in [0.1, 0.15) is 36.9 Å². The SMILES string of the molecule is CCc1cccc(F)c1C(N)C1CC1. The Kier molecular flexibility index (Phi) is 2.55. The molecule has 1 aromatic carbocycles. The summed E-state index contributed by atoms with van der Waals surface area (Å²) in [6.45, 7) is 2.04. The van der Waals surface area contributed by atoms with Gasteiger partial charge in [-0.1, -0.05) is 19.1 Å². The van der Waals surface area contributed by atoms with Gasteiger partial charge in [-0.05, 0) is 36.8 Å². The van der Waals surface area contributed by atoms with Gasteiger partial charge in [0.05, 0.1) is 0 Å². The lowest BCUT2D eigenvalue weighted by Gasteiger charge is -2.15. The van der Waals surface area contributed by atoms with Crippen LogP contribution in [-0.2, 0) is 6.42 Å². The maximum absolute atomic E-state index is 13.6. The summed E-state index contributed by atoms with van der Waals surface area (Å²) in [6, 6.07) is 5.15. The van der Waals surface area contributed by atoms with Crippen molar-refractivity contribution in [1.82, 2.24) is 0 Å². The molecule has 2 N–H and O–H groups in total. The third-order valence-corrected chi connectivity index (χ3v) is 2.99. The van der Waals surface area contributed by atoms with Crippen molar-refractivity contribution in [1.29, 1.82) is 0 Å².